The zero-order valence-electron chi connectivity index (χ0n) is 25.4. The largest absolute Gasteiger partial charge is 0.414 e. The van der Waals surface area contributed by atoms with Crippen molar-refractivity contribution in [3.63, 3.8) is 0 Å². The summed E-state index contributed by atoms with van der Waals surface area (Å²) in [5, 5.41) is 2.60. The van der Waals surface area contributed by atoms with E-state index < -0.39 is 35.3 Å². The molecule has 0 aromatic heterocycles. The predicted octanol–water partition coefficient (Wildman–Crippen LogP) is 5.06. The van der Waals surface area contributed by atoms with Gasteiger partial charge in [0.25, 0.3) is 5.91 Å². The van der Waals surface area contributed by atoms with Gasteiger partial charge in [0.15, 0.2) is 0 Å². The number of halogens is 4. The molecular weight excluding hydrogens is 566 g/mol. The molecule has 3 aliphatic heterocycles. The van der Waals surface area contributed by atoms with Gasteiger partial charge in [-0.15, -0.1) is 0 Å². The molecule has 3 aliphatic rings. The Morgan fingerprint density at radius 3 is 2.30 bits per heavy atom. The van der Waals surface area contributed by atoms with Crippen LogP contribution in [0.25, 0.3) is 5.57 Å². The van der Waals surface area contributed by atoms with Crippen LogP contribution in [0, 0.1) is 17.2 Å². The van der Waals surface area contributed by atoms with Gasteiger partial charge in [0.1, 0.15) is 11.7 Å². The van der Waals surface area contributed by atoms with Gasteiger partial charge < -0.3 is 15.1 Å². The minimum atomic E-state index is -4.92. The van der Waals surface area contributed by atoms with Crippen molar-refractivity contribution in [2.45, 2.75) is 65.7 Å². The summed E-state index contributed by atoms with van der Waals surface area (Å²) < 4.78 is 57.0. The second-order valence-electron chi connectivity index (χ2n) is 12.9. The third-order valence-electron chi connectivity index (χ3n) is 8.21. The third-order valence-corrected chi connectivity index (χ3v) is 8.21. The summed E-state index contributed by atoms with van der Waals surface area (Å²) in [6, 6.07) is 2.94. The zero-order chi connectivity index (χ0) is 31.9. The van der Waals surface area contributed by atoms with Gasteiger partial charge in [-0.3, -0.25) is 19.3 Å². The van der Waals surface area contributed by atoms with E-state index in [0.29, 0.717) is 62.6 Å². The summed E-state index contributed by atoms with van der Waals surface area (Å²) in [6.07, 6.45) is -1.38. The minimum absolute atomic E-state index is 0.00558. The number of hydrogen-bond acceptors (Lipinski definition) is 5. The first-order valence-electron chi connectivity index (χ1n) is 14.4. The fraction of sp³-hybridized carbons (Fsp3) is 0.548. The molecule has 0 aliphatic carbocycles. The van der Waals surface area contributed by atoms with E-state index in [0.717, 1.165) is 0 Å². The maximum atomic E-state index is 15.8. The first kappa shape index (κ1) is 32.4. The van der Waals surface area contributed by atoms with Crippen molar-refractivity contribution >= 4 is 40.9 Å². The Bertz CT molecular complexity index is 1370. The highest BCUT2D eigenvalue weighted by molar-refractivity contribution is 6.11. The lowest BCUT2D eigenvalue weighted by Crippen LogP contribution is -2.55. The summed E-state index contributed by atoms with van der Waals surface area (Å²) in [7, 11) is 1.98. The van der Waals surface area contributed by atoms with Gasteiger partial charge >= 0.3 is 6.18 Å². The molecule has 3 amide bonds. The smallest absolute Gasteiger partial charge is 0.367 e. The highest BCUT2D eigenvalue weighted by Crippen LogP contribution is 2.38. The van der Waals surface area contributed by atoms with Crippen LogP contribution in [0.4, 0.5) is 28.9 Å². The van der Waals surface area contributed by atoms with Crippen molar-refractivity contribution in [1.82, 2.24) is 9.80 Å². The number of amides is 3. The van der Waals surface area contributed by atoms with Crippen molar-refractivity contribution in [3.05, 3.63) is 41.2 Å². The van der Waals surface area contributed by atoms with Crippen LogP contribution in [0.2, 0.25) is 0 Å². The van der Waals surface area contributed by atoms with Gasteiger partial charge in [0, 0.05) is 62.5 Å². The van der Waals surface area contributed by atoms with Crippen molar-refractivity contribution in [2.24, 2.45) is 16.3 Å². The Kier molecular flexibility index (Phi) is 9.20. The fourth-order valence-electron chi connectivity index (χ4n) is 5.64. The number of anilines is 2. The summed E-state index contributed by atoms with van der Waals surface area (Å²) in [4.78, 5) is 46.8. The van der Waals surface area contributed by atoms with Crippen molar-refractivity contribution < 1.29 is 31.9 Å². The van der Waals surface area contributed by atoms with Crippen LogP contribution in [0.1, 0.15) is 53.0 Å². The second-order valence-corrected chi connectivity index (χ2v) is 12.9. The molecule has 1 aromatic carbocycles. The highest BCUT2D eigenvalue weighted by atomic mass is 19.4. The molecule has 1 fully saturated rings. The molecule has 0 spiro atoms. The maximum Gasteiger partial charge on any atom is 0.414 e. The number of nitrogens with zero attached hydrogens (tertiary/aromatic N) is 4. The minimum Gasteiger partial charge on any atom is -0.367 e. The quantitative estimate of drug-likeness (QED) is 0.475. The maximum absolute atomic E-state index is 15.8. The topological polar surface area (TPSA) is 85.3 Å². The van der Waals surface area contributed by atoms with E-state index >= 15 is 4.39 Å². The molecule has 0 bridgehead atoms. The average Bonchev–Trinajstić information content (AvgIpc) is 2.90. The van der Waals surface area contributed by atoms with Crippen LogP contribution < -0.4 is 10.2 Å². The van der Waals surface area contributed by atoms with Crippen LogP contribution in [-0.4, -0.2) is 85.2 Å². The predicted molar refractivity (Wildman–Crippen MR) is 158 cm³/mol. The normalized spacial score (nSPS) is 23.7. The van der Waals surface area contributed by atoms with Gasteiger partial charge in [-0.25, -0.2) is 9.38 Å². The van der Waals surface area contributed by atoms with E-state index in [1.165, 1.54) is 12.1 Å². The van der Waals surface area contributed by atoms with Gasteiger partial charge in [-0.05, 0) is 50.4 Å². The molecule has 0 radical (unpaired) electrons. The molecule has 4 rings (SSSR count). The van der Waals surface area contributed by atoms with Crippen LogP contribution >= 0.6 is 0 Å². The highest BCUT2D eigenvalue weighted by Gasteiger charge is 2.43. The number of carbonyl (C=O) groups excluding carboxylic acids is 3. The molecule has 3 atom stereocenters. The number of piperazine rings is 1. The first-order valence-corrected chi connectivity index (χ1v) is 14.4. The molecule has 1 aromatic rings. The Balaban J connectivity index is 1.69. The fourth-order valence-corrected chi connectivity index (χ4v) is 5.64. The lowest BCUT2D eigenvalue weighted by atomic mass is 9.91. The molecule has 1 saturated heterocycles. The summed E-state index contributed by atoms with van der Waals surface area (Å²) in [6.45, 7) is 11.7. The van der Waals surface area contributed by atoms with Crippen molar-refractivity contribution in [2.75, 3.05) is 43.4 Å². The zero-order valence-corrected chi connectivity index (χ0v) is 25.4. The summed E-state index contributed by atoms with van der Waals surface area (Å²) in [5.41, 5.74) is -0.140. The molecule has 8 nitrogen and oxygen atoms in total. The molecule has 43 heavy (non-hydrogen) atoms. The van der Waals surface area contributed by atoms with Crippen LogP contribution in [0.5, 0.6) is 0 Å². The number of alkyl halides is 3. The third kappa shape index (κ3) is 7.52. The summed E-state index contributed by atoms with van der Waals surface area (Å²) in [5.74, 6) is -4.51. The number of carbonyl (C=O) groups is 3. The van der Waals surface area contributed by atoms with E-state index in [2.05, 4.69) is 15.2 Å². The Labute approximate surface area is 249 Å². The molecule has 12 heteroatoms. The van der Waals surface area contributed by atoms with Crippen LogP contribution in [-0.2, 0) is 14.4 Å². The molecule has 1 unspecified atom stereocenters. The lowest BCUT2D eigenvalue weighted by molar-refractivity contribution is -0.132. The number of aliphatic imine (C=N–C) groups is 1. The number of dihydropyridines is 1. The van der Waals surface area contributed by atoms with Gasteiger partial charge in [0.2, 0.25) is 11.8 Å². The lowest BCUT2D eigenvalue weighted by Gasteiger charge is -2.44. The Morgan fingerprint density at radius 1 is 1.09 bits per heavy atom. The number of nitrogens with one attached hydrogen (secondary N) is 1. The average molecular weight is 606 g/mol. The van der Waals surface area contributed by atoms with Gasteiger partial charge in [0.05, 0.1) is 16.9 Å². The SMILES string of the molecule is C[C@@H]1CN(c2cc(F)c(C3=CCN(C(=O)CC(C)(C)C)CC3)cc2NC(=O)C2C=NC(=O)C=C2C(F)(F)F)C[C@H](C)N1C. The van der Waals surface area contributed by atoms with E-state index in [1.807, 2.05) is 46.6 Å². The van der Waals surface area contributed by atoms with Crippen LogP contribution in [0.3, 0.4) is 0 Å². The van der Waals surface area contributed by atoms with E-state index in [-0.39, 0.29) is 34.7 Å². The van der Waals surface area contributed by atoms with Crippen molar-refractivity contribution in [1.29, 1.82) is 0 Å². The Hall–Kier alpha value is -3.54. The molecule has 234 valence electrons. The molecule has 0 saturated carbocycles. The molecule has 1 N–H and O–H groups in total. The Morgan fingerprint density at radius 2 is 1.74 bits per heavy atom. The van der Waals surface area contributed by atoms with E-state index in [1.54, 1.807) is 11.0 Å². The standard InChI is InChI=1S/C31H39F4N5O3/c1-18-16-40(17-19(2)38(18)6)26-13-24(32)21(20-7-9-39(10-8-20)28(42)14-30(3,4)5)11-25(26)37-29(43)22-15-36-27(41)12-23(22)31(33,34)35/h7,11-13,15,18-19,22H,8-10,14,16-17H2,1-6H3,(H,37,43)/t18-,19+,22?. The van der Waals surface area contributed by atoms with E-state index in [4.69, 9.17) is 0 Å². The number of benzene rings is 1. The number of likely N-dealkylation sites (N-methyl/N-ethyl adjacent to an activating group) is 1. The number of hydrogen-bond donors (Lipinski definition) is 1. The second kappa shape index (κ2) is 12.2. The number of rotatable bonds is 5. The molecule has 3 heterocycles. The van der Waals surface area contributed by atoms with Gasteiger partial charge in [-0.2, -0.15) is 13.2 Å². The first-order chi connectivity index (χ1) is 19.9. The summed E-state index contributed by atoms with van der Waals surface area (Å²) >= 11 is 0. The molecular formula is C31H39F4N5O3. The van der Waals surface area contributed by atoms with E-state index in [9.17, 15) is 27.6 Å². The van der Waals surface area contributed by atoms with Crippen molar-refractivity contribution in [3.8, 4) is 0 Å². The van der Waals surface area contributed by atoms with Crippen LogP contribution in [0.15, 0.2) is 34.9 Å². The monoisotopic (exact) mass is 605 g/mol. The van der Waals surface area contributed by atoms with Gasteiger partial charge in [-0.1, -0.05) is 26.8 Å².